The second-order valence-electron chi connectivity index (χ2n) is 4.96. The Balaban J connectivity index is 1.62. The van der Waals surface area contributed by atoms with E-state index in [-0.39, 0.29) is 6.17 Å². The van der Waals surface area contributed by atoms with Crippen molar-refractivity contribution in [3.63, 3.8) is 0 Å². The van der Waals surface area contributed by atoms with E-state index in [2.05, 4.69) is 57.9 Å². The standard InChI is InChI=1S/C16H20N4O/c1-21-15-7-5-12(6-8-15)10-17-14-4-2-3-13(9-14)16-18-11-19-20-16/h2-9,16-20H,10-11H2,1H3. The second kappa shape index (κ2) is 6.58. The highest BCUT2D eigenvalue weighted by atomic mass is 16.5. The maximum absolute atomic E-state index is 5.16. The molecule has 21 heavy (non-hydrogen) atoms. The molecule has 110 valence electrons. The summed E-state index contributed by atoms with van der Waals surface area (Å²) in [7, 11) is 1.68. The molecule has 1 aliphatic rings. The normalized spacial score (nSPS) is 17.7. The minimum absolute atomic E-state index is 0.160. The maximum atomic E-state index is 5.16. The third-order valence-electron chi connectivity index (χ3n) is 3.52. The highest BCUT2D eigenvalue weighted by Gasteiger charge is 2.14. The number of hydrazine groups is 1. The molecule has 1 heterocycles. The van der Waals surface area contributed by atoms with E-state index in [1.807, 2.05) is 12.1 Å². The SMILES string of the molecule is COc1ccc(CNc2cccc(C3NCNN3)c2)cc1. The maximum Gasteiger partial charge on any atom is 0.118 e. The van der Waals surface area contributed by atoms with Crippen LogP contribution in [0, 0.1) is 0 Å². The van der Waals surface area contributed by atoms with Crippen LogP contribution in [0.25, 0.3) is 0 Å². The fourth-order valence-electron chi connectivity index (χ4n) is 2.33. The number of ether oxygens (including phenoxy) is 1. The predicted molar refractivity (Wildman–Crippen MR) is 83.8 cm³/mol. The molecule has 4 N–H and O–H groups in total. The van der Waals surface area contributed by atoms with Gasteiger partial charge in [-0.05, 0) is 35.4 Å². The van der Waals surface area contributed by atoms with Gasteiger partial charge in [0.25, 0.3) is 0 Å². The molecule has 5 nitrogen and oxygen atoms in total. The molecule has 3 rings (SSSR count). The summed E-state index contributed by atoms with van der Waals surface area (Å²) in [6, 6.07) is 16.5. The zero-order valence-electron chi connectivity index (χ0n) is 12.0. The van der Waals surface area contributed by atoms with E-state index in [0.717, 1.165) is 24.7 Å². The molecule has 1 fully saturated rings. The lowest BCUT2D eigenvalue weighted by Gasteiger charge is -2.13. The Kier molecular flexibility index (Phi) is 4.35. The van der Waals surface area contributed by atoms with Gasteiger partial charge in [0.05, 0.1) is 19.9 Å². The minimum atomic E-state index is 0.160. The molecule has 0 aliphatic carbocycles. The first kappa shape index (κ1) is 13.9. The van der Waals surface area contributed by atoms with Crippen LogP contribution >= 0.6 is 0 Å². The Morgan fingerprint density at radius 3 is 2.76 bits per heavy atom. The van der Waals surface area contributed by atoms with Gasteiger partial charge in [0.2, 0.25) is 0 Å². The first-order valence-corrected chi connectivity index (χ1v) is 7.04. The molecule has 2 aromatic carbocycles. The van der Waals surface area contributed by atoms with Crippen molar-refractivity contribution in [3.05, 3.63) is 59.7 Å². The lowest BCUT2D eigenvalue weighted by atomic mass is 10.1. The molecule has 5 heteroatoms. The summed E-state index contributed by atoms with van der Waals surface area (Å²) in [4.78, 5) is 0. The molecule has 0 spiro atoms. The molecule has 0 bridgehead atoms. The summed E-state index contributed by atoms with van der Waals surface area (Å²) in [5.41, 5.74) is 9.79. The molecular formula is C16H20N4O. The third kappa shape index (κ3) is 3.52. The second-order valence-corrected chi connectivity index (χ2v) is 4.96. The van der Waals surface area contributed by atoms with Crippen molar-refractivity contribution in [1.29, 1.82) is 0 Å². The van der Waals surface area contributed by atoms with Crippen LogP contribution in [-0.4, -0.2) is 13.8 Å². The molecule has 1 unspecified atom stereocenters. The zero-order chi connectivity index (χ0) is 14.5. The van der Waals surface area contributed by atoms with Crippen LogP contribution in [0.1, 0.15) is 17.3 Å². The number of nitrogens with one attached hydrogen (secondary N) is 4. The summed E-state index contributed by atoms with van der Waals surface area (Å²) >= 11 is 0. The Labute approximate surface area is 124 Å². The van der Waals surface area contributed by atoms with Crippen molar-refractivity contribution in [2.75, 3.05) is 19.1 Å². The number of rotatable bonds is 5. The van der Waals surface area contributed by atoms with Crippen molar-refractivity contribution < 1.29 is 4.74 Å². The topological polar surface area (TPSA) is 57.4 Å². The van der Waals surface area contributed by atoms with Gasteiger partial charge in [0.1, 0.15) is 5.75 Å². The molecular weight excluding hydrogens is 264 g/mol. The number of methoxy groups -OCH3 is 1. The number of anilines is 1. The van der Waals surface area contributed by atoms with E-state index in [1.54, 1.807) is 7.11 Å². The van der Waals surface area contributed by atoms with Gasteiger partial charge in [-0.2, -0.15) is 0 Å². The smallest absolute Gasteiger partial charge is 0.118 e. The van der Waals surface area contributed by atoms with Crippen LogP contribution in [0.15, 0.2) is 48.5 Å². The van der Waals surface area contributed by atoms with Gasteiger partial charge in [0, 0.05) is 12.2 Å². The van der Waals surface area contributed by atoms with Crippen molar-refractivity contribution in [2.45, 2.75) is 12.7 Å². The first-order valence-electron chi connectivity index (χ1n) is 7.04. The van der Waals surface area contributed by atoms with Crippen LogP contribution in [0.3, 0.4) is 0 Å². The summed E-state index contributed by atoms with van der Waals surface area (Å²) < 4.78 is 5.16. The van der Waals surface area contributed by atoms with Gasteiger partial charge in [-0.3, -0.25) is 5.32 Å². The highest BCUT2D eigenvalue weighted by molar-refractivity contribution is 5.47. The fraction of sp³-hybridized carbons (Fsp3) is 0.250. The zero-order valence-corrected chi connectivity index (χ0v) is 12.0. The summed E-state index contributed by atoms with van der Waals surface area (Å²) in [5.74, 6) is 0.881. The van der Waals surface area contributed by atoms with E-state index >= 15 is 0 Å². The summed E-state index contributed by atoms with van der Waals surface area (Å²) in [6.45, 7) is 1.56. The van der Waals surface area contributed by atoms with Crippen molar-refractivity contribution in [1.82, 2.24) is 16.2 Å². The van der Waals surface area contributed by atoms with Gasteiger partial charge in [0.15, 0.2) is 0 Å². The van der Waals surface area contributed by atoms with Crippen molar-refractivity contribution >= 4 is 5.69 Å². The van der Waals surface area contributed by atoms with Crippen LogP contribution in [0.4, 0.5) is 5.69 Å². The van der Waals surface area contributed by atoms with E-state index < -0.39 is 0 Å². The van der Waals surface area contributed by atoms with Crippen LogP contribution < -0.4 is 26.2 Å². The molecule has 1 atom stereocenters. The molecule has 2 aromatic rings. The van der Waals surface area contributed by atoms with Crippen LogP contribution in [0.2, 0.25) is 0 Å². The van der Waals surface area contributed by atoms with Gasteiger partial charge in [-0.15, -0.1) is 0 Å². The minimum Gasteiger partial charge on any atom is -0.497 e. The molecule has 0 aromatic heterocycles. The lowest BCUT2D eigenvalue weighted by molar-refractivity contribution is 0.414. The Morgan fingerprint density at radius 2 is 2.05 bits per heavy atom. The van der Waals surface area contributed by atoms with Gasteiger partial charge in [-0.1, -0.05) is 24.3 Å². The quantitative estimate of drug-likeness (QED) is 0.676. The van der Waals surface area contributed by atoms with E-state index in [1.165, 1.54) is 11.1 Å². The monoisotopic (exact) mass is 284 g/mol. The molecule has 0 radical (unpaired) electrons. The Hall–Kier alpha value is -2.08. The molecule has 0 amide bonds. The number of hydrogen-bond acceptors (Lipinski definition) is 5. The first-order chi connectivity index (χ1) is 10.3. The van der Waals surface area contributed by atoms with E-state index in [0.29, 0.717) is 0 Å². The van der Waals surface area contributed by atoms with E-state index in [9.17, 15) is 0 Å². The van der Waals surface area contributed by atoms with E-state index in [4.69, 9.17) is 4.74 Å². The summed E-state index contributed by atoms with van der Waals surface area (Å²) in [5, 5.41) is 6.77. The van der Waals surface area contributed by atoms with Gasteiger partial charge < -0.3 is 10.1 Å². The average Bonchev–Trinajstić information content (AvgIpc) is 3.08. The molecule has 1 aliphatic heterocycles. The number of benzene rings is 2. The van der Waals surface area contributed by atoms with Crippen molar-refractivity contribution in [2.24, 2.45) is 0 Å². The third-order valence-corrected chi connectivity index (χ3v) is 3.52. The van der Waals surface area contributed by atoms with Gasteiger partial charge in [-0.25, -0.2) is 10.9 Å². The Bertz CT molecular complexity index is 579. The highest BCUT2D eigenvalue weighted by Crippen LogP contribution is 2.18. The van der Waals surface area contributed by atoms with Crippen LogP contribution in [-0.2, 0) is 6.54 Å². The summed E-state index contributed by atoms with van der Waals surface area (Å²) in [6.07, 6.45) is 0.160. The van der Waals surface area contributed by atoms with Crippen molar-refractivity contribution in [3.8, 4) is 5.75 Å². The predicted octanol–water partition coefficient (Wildman–Crippen LogP) is 1.96. The largest absolute Gasteiger partial charge is 0.497 e. The molecule has 1 saturated heterocycles. The lowest BCUT2D eigenvalue weighted by Crippen LogP contribution is -2.25. The van der Waals surface area contributed by atoms with Crippen LogP contribution in [0.5, 0.6) is 5.75 Å². The Morgan fingerprint density at radius 1 is 1.19 bits per heavy atom. The average molecular weight is 284 g/mol. The van der Waals surface area contributed by atoms with Gasteiger partial charge >= 0.3 is 0 Å². The fourth-order valence-corrected chi connectivity index (χ4v) is 2.33. The molecule has 0 saturated carbocycles. The number of hydrogen-bond donors (Lipinski definition) is 4.